The number of nitrogens with one attached hydrogen (secondary N) is 1. The molecular formula is C23H27N3O. The maximum Gasteiger partial charge on any atom is 0.270 e. The zero-order chi connectivity index (χ0) is 19.0. The number of hydrogen-bond acceptors (Lipinski definition) is 2. The van der Waals surface area contributed by atoms with Crippen LogP contribution in [-0.2, 0) is 7.05 Å². The maximum atomic E-state index is 13.4. The minimum absolute atomic E-state index is 0.144. The second-order valence-corrected chi connectivity index (χ2v) is 7.60. The summed E-state index contributed by atoms with van der Waals surface area (Å²) in [6.07, 6.45) is 2.12. The number of likely N-dealkylation sites (tertiary alicyclic amines) is 1. The van der Waals surface area contributed by atoms with Gasteiger partial charge in [0.05, 0.1) is 5.52 Å². The van der Waals surface area contributed by atoms with Gasteiger partial charge in [-0.05, 0) is 49.9 Å². The molecule has 1 saturated heterocycles. The van der Waals surface area contributed by atoms with Gasteiger partial charge >= 0.3 is 0 Å². The van der Waals surface area contributed by atoms with Crippen LogP contribution in [0.1, 0.15) is 34.5 Å². The fraction of sp³-hybridized carbons (Fsp3) is 0.348. The van der Waals surface area contributed by atoms with Gasteiger partial charge in [0.15, 0.2) is 0 Å². The van der Waals surface area contributed by atoms with Crippen molar-refractivity contribution in [3.8, 4) is 0 Å². The lowest BCUT2D eigenvalue weighted by Gasteiger charge is -2.34. The van der Waals surface area contributed by atoms with Gasteiger partial charge in [-0.25, -0.2) is 0 Å². The van der Waals surface area contributed by atoms with Gasteiger partial charge in [-0.1, -0.05) is 36.4 Å². The van der Waals surface area contributed by atoms with E-state index in [0.717, 1.165) is 48.4 Å². The Hall–Kier alpha value is -2.75. The van der Waals surface area contributed by atoms with E-state index in [9.17, 15) is 4.79 Å². The first-order chi connectivity index (χ1) is 13.1. The van der Waals surface area contributed by atoms with Crippen LogP contribution in [0.4, 0.5) is 5.69 Å². The van der Waals surface area contributed by atoms with Gasteiger partial charge in [-0.3, -0.25) is 4.79 Å². The molecule has 2 heterocycles. The Morgan fingerprint density at radius 1 is 1.07 bits per heavy atom. The van der Waals surface area contributed by atoms with Crippen LogP contribution in [0.15, 0.2) is 48.5 Å². The van der Waals surface area contributed by atoms with Crippen LogP contribution in [-0.4, -0.2) is 34.5 Å². The van der Waals surface area contributed by atoms with Crippen molar-refractivity contribution >= 4 is 22.5 Å². The largest absolute Gasteiger partial charge is 0.381 e. The highest BCUT2D eigenvalue weighted by atomic mass is 16.2. The Labute approximate surface area is 160 Å². The molecule has 4 nitrogen and oxygen atoms in total. The average molecular weight is 361 g/mol. The summed E-state index contributed by atoms with van der Waals surface area (Å²) in [5.41, 5.74) is 5.39. The van der Waals surface area contributed by atoms with Gasteiger partial charge in [0, 0.05) is 37.3 Å². The van der Waals surface area contributed by atoms with E-state index in [2.05, 4.69) is 54.1 Å². The molecule has 1 fully saturated rings. The van der Waals surface area contributed by atoms with E-state index < -0.39 is 0 Å². The predicted molar refractivity (Wildman–Crippen MR) is 111 cm³/mol. The fourth-order valence-electron chi connectivity index (χ4n) is 4.40. The molecule has 0 spiro atoms. The zero-order valence-electron chi connectivity index (χ0n) is 16.3. The van der Waals surface area contributed by atoms with E-state index in [-0.39, 0.29) is 5.91 Å². The Kier molecular flexibility index (Phi) is 4.65. The highest BCUT2D eigenvalue weighted by Crippen LogP contribution is 2.29. The van der Waals surface area contributed by atoms with E-state index in [4.69, 9.17) is 0 Å². The minimum atomic E-state index is 0.144. The molecule has 0 aliphatic carbocycles. The van der Waals surface area contributed by atoms with E-state index in [1.54, 1.807) is 0 Å². The molecule has 4 rings (SSSR count). The number of rotatable bonds is 3. The number of carbonyl (C=O) groups is 1. The van der Waals surface area contributed by atoms with Gasteiger partial charge < -0.3 is 14.8 Å². The van der Waals surface area contributed by atoms with Crippen LogP contribution in [0.5, 0.6) is 0 Å². The van der Waals surface area contributed by atoms with Gasteiger partial charge in [0.2, 0.25) is 0 Å². The SMILES string of the molecule is Cc1c(C(=O)N2CCC[C@H](Nc3ccccc3)C2)n(C)c2c(C)cccc12. The molecule has 0 saturated carbocycles. The maximum absolute atomic E-state index is 13.4. The average Bonchev–Trinajstić information content (AvgIpc) is 2.94. The minimum Gasteiger partial charge on any atom is -0.381 e. The lowest BCUT2D eigenvalue weighted by molar-refractivity contribution is 0.0705. The van der Waals surface area contributed by atoms with Crippen LogP contribution in [0, 0.1) is 13.8 Å². The Balaban J connectivity index is 1.59. The Morgan fingerprint density at radius 3 is 2.59 bits per heavy atom. The van der Waals surface area contributed by atoms with Crippen LogP contribution >= 0.6 is 0 Å². The van der Waals surface area contributed by atoms with E-state index in [1.165, 1.54) is 10.9 Å². The van der Waals surface area contributed by atoms with Crippen molar-refractivity contribution in [1.29, 1.82) is 0 Å². The van der Waals surface area contributed by atoms with Gasteiger partial charge in [-0.15, -0.1) is 0 Å². The Morgan fingerprint density at radius 2 is 1.85 bits per heavy atom. The highest BCUT2D eigenvalue weighted by Gasteiger charge is 2.28. The summed E-state index contributed by atoms with van der Waals surface area (Å²) in [5, 5.41) is 4.76. The van der Waals surface area contributed by atoms with E-state index in [0.29, 0.717) is 6.04 Å². The van der Waals surface area contributed by atoms with Gasteiger partial charge in [0.1, 0.15) is 5.69 Å². The van der Waals surface area contributed by atoms with Crippen molar-refractivity contribution in [2.75, 3.05) is 18.4 Å². The fourth-order valence-corrected chi connectivity index (χ4v) is 4.40. The number of aryl methyl sites for hydroxylation is 3. The first kappa shape index (κ1) is 17.7. The molecule has 2 aromatic carbocycles. The van der Waals surface area contributed by atoms with Crippen molar-refractivity contribution in [2.45, 2.75) is 32.7 Å². The van der Waals surface area contributed by atoms with Gasteiger partial charge in [-0.2, -0.15) is 0 Å². The molecule has 0 unspecified atom stereocenters. The molecule has 1 aromatic heterocycles. The normalized spacial score (nSPS) is 17.3. The van der Waals surface area contributed by atoms with Crippen LogP contribution < -0.4 is 5.32 Å². The second kappa shape index (κ2) is 7.10. The summed E-state index contributed by atoms with van der Waals surface area (Å²) in [7, 11) is 2.01. The summed E-state index contributed by atoms with van der Waals surface area (Å²) in [6.45, 7) is 5.74. The van der Waals surface area contributed by atoms with Crippen LogP contribution in [0.2, 0.25) is 0 Å². The lowest BCUT2D eigenvalue weighted by atomic mass is 10.0. The van der Waals surface area contributed by atoms with Crippen molar-refractivity contribution in [2.24, 2.45) is 7.05 Å². The number of hydrogen-bond donors (Lipinski definition) is 1. The molecule has 0 bridgehead atoms. The molecule has 1 atom stereocenters. The molecule has 1 N–H and O–H groups in total. The number of anilines is 1. The standard InChI is InChI=1S/C23H27N3O/c1-16-9-7-13-20-17(2)22(25(3)21(16)20)23(27)26-14-8-12-19(15-26)24-18-10-5-4-6-11-18/h4-7,9-11,13,19,24H,8,12,14-15H2,1-3H3/t19-/m0/s1. The van der Waals surface area contributed by atoms with Crippen molar-refractivity contribution < 1.29 is 4.79 Å². The summed E-state index contributed by atoms with van der Waals surface area (Å²) < 4.78 is 2.08. The third-order valence-corrected chi connectivity index (χ3v) is 5.72. The molecular weight excluding hydrogens is 334 g/mol. The van der Waals surface area contributed by atoms with E-state index >= 15 is 0 Å². The van der Waals surface area contributed by atoms with Crippen LogP contribution in [0.25, 0.3) is 10.9 Å². The number of nitrogens with zero attached hydrogens (tertiary/aromatic N) is 2. The number of carbonyl (C=O) groups excluding carboxylic acids is 1. The molecule has 140 valence electrons. The predicted octanol–water partition coefficient (Wildman–Crippen LogP) is 4.51. The molecule has 1 aliphatic rings. The number of amides is 1. The smallest absolute Gasteiger partial charge is 0.270 e. The first-order valence-corrected chi connectivity index (χ1v) is 9.71. The number of para-hydroxylation sites is 2. The molecule has 3 aromatic rings. The topological polar surface area (TPSA) is 37.3 Å². The second-order valence-electron chi connectivity index (χ2n) is 7.60. The van der Waals surface area contributed by atoms with Crippen molar-refractivity contribution in [1.82, 2.24) is 9.47 Å². The van der Waals surface area contributed by atoms with Crippen LogP contribution in [0.3, 0.4) is 0 Å². The number of piperidine rings is 1. The molecule has 4 heteroatoms. The lowest BCUT2D eigenvalue weighted by Crippen LogP contribution is -2.45. The summed E-state index contributed by atoms with van der Waals surface area (Å²) in [5.74, 6) is 0.144. The quantitative estimate of drug-likeness (QED) is 0.745. The number of benzene rings is 2. The summed E-state index contributed by atoms with van der Waals surface area (Å²) in [4.78, 5) is 15.4. The molecule has 27 heavy (non-hydrogen) atoms. The molecule has 0 radical (unpaired) electrons. The number of fused-ring (bicyclic) bond motifs is 1. The molecule has 1 aliphatic heterocycles. The van der Waals surface area contributed by atoms with E-state index in [1.807, 2.05) is 30.1 Å². The molecule has 1 amide bonds. The van der Waals surface area contributed by atoms with Crippen molar-refractivity contribution in [3.63, 3.8) is 0 Å². The Bertz CT molecular complexity index is 974. The third-order valence-electron chi connectivity index (χ3n) is 5.72. The number of aromatic nitrogens is 1. The zero-order valence-corrected chi connectivity index (χ0v) is 16.3. The monoisotopic (exact) mass is 361 g/mol. The third kappa shape index (κ3) is 3.20. The highest BCUT2D eigenvalue weighted by molar-refractivity contribution is 6.02. The summed E-state index contributed by atoms with van der Waals surface area (Å²) >= 11 is 0. The van der Waals surface area contributed by atoms with Crippen molar-refractivity contribution in [3.05, 3.63) is 65.4 Å². The summed E-state index contributed by atoms with van der Waals surface area (Å²) in [6, 6.07) is 16.8. The van der Waals surface area contributed by atoms with Gasteiger partial charge in [0.25, 0.3) is 5.91 Å². The first-order valence-electron chi connectivity index (χ1n) is 9.71.